The number of benzene rings is 1. The van der Waals surface area contributed by atoms with E-state index in [1.54, 1.807) is 30.7 Å². The van der Waals surface area contributed by atoms with Crippen LogP contribution in [0.1, 0.15) is 34.1 Å². The lowest BCUT2D eigenvalue weighted by molar-refractivity contribution is 0.247. The summed E-state index contributed by atoms with van der Waals surface area (Å²) in [6, 6.07) is 12.7. The van der Waals surface area contributed by atoms with Crippen molar-refractivity contribution in [2.24, 2.45) is 4.99 Å². The van der Waals surface area contributed by atoms with Crippen LogP contribution in [0.4, 0.5) is 4.39 Å². The summed E-state index contributed by atoms with van der Waals surface area (Å²) in [6.07, 6.45) is 5.08. The Morgan fingerprint density at radius 2 is 1.94 bits per heavy atom. The smallest absolute Gasteiger partial charge is 0.251 e. The van der Waals surface area contributed by atoms with E-state index >= 15 is 0 Å². The van der Waals surface area contributed by atoms with Crippen LogP contribution in [-0.2, 0) is 6.54 Å². The molecule has 0 fully saturated rings. The standard InChI is InChI=1S/C26H20ClFN4O2/c1-15-8-18(4-6-29-15)26-20-9-19(12-30-23(20)13-31-26)16-5-7-32(25(34)11-16)24(14-33)17-2-3-21(27)22(28)10-17/h2-12,24,33H,13-14H2,1H3/t24-/m1/s1. The fourth-order valence-corrected chi connectivity index (χ4v) is 4.28. The molecular weight excluding hydrogens is 455 g/mol. The van der Waals surface area contributed by atoms with Gasteiger partial charge in [-0.25, -0.2) is 4.39 Å². The van der Waals surface area contributed by atoms with Gasteiger partial charge in [-0.1, -0.05) is 17.7 Å². The summed E-state index contributed by atoms with van der Waals surface area (Å²) >= 11 is 5.77. The zero-order valence-corrected chi connectivity index (χ0v) is 19.0. The molecule has 0 aliphatic carbocycles. The highest BCUT2D eigenvalue weighted by molar-refractivity contribution is 6.30. The molecule has 0 spiro atoms. The zero-order valence-electron chi connectivity index (χ0n) is 18.2. The monoisotopic (exact) mass is 474 g/mol. The van der Waals surface area contributed by atoms with Crippen molar-refractivity contribution in [3.05, 3.63) is 116 Å². The van der Waals surface area contributed by atoms with E-state index < -0.39 is 11.9 Å². The molecule has 0 saturated carbocycles. The first-order valence-electron chi connectivity index (χ1n) is 10.7. The van der Waals surface area contributed by atoms with Crippen molar-refractivity contribution in [1.29, 1.82) is 0 Å². The van der Waals surface area contributed by atoms with Gasteiger partial charge in [-0.3, -0.25) is 19.8 Å². The van der Waals surface area contributed by atoms with Gasteiger partial charge in [0.1, 0.15) is 5.82 Å². The maximum atomic E-state index is 13.9. The fraction of sp³-hybridized carbons (Fsp3) is 0.154. The quantitative estimate of drug-likeness (QED) is 0.466. The molecule has 0 unspecified atom stereocenters. The van der Waals surface area contributed by atoms with Gasteiger partial charge in [0.2, 0.25) is 0 Å². The van der Waals surface area contributed by atoms with E-state index in [1.165, 1.54) is 22.8 Å². The number of pyridine rings is 3. The molecule has 1 aromatic carbocycles. The molecule has 0 amide bonds. The molecule has 1 aliphatic heterocycles. The highest BCUT2D eigenvalue weighted by atomic mass is 35.5. The lowest BCUT2D eigenvalue weighted by Crippen LogP contribution is -2.27. The van der Waals surface area contributed by atoms with Crippen molar-refractivity contribution in [2.75, 3.05) is 6.61 Å². The molecule has 8 heteroatoms. The Balaban J connectivity index is 1.50. The Hall–Kier alpha value is -3.68. The van der Waals surface area contributed by atoms with E-state index in [1.807, 2.05) is 25.1 Å². The van der Waals surface area contributed by atoms with Crippen molar-refractivity contribution >= 4 is 17.3 Å². The predicted octanol–water partition coefficient (Wildman–Crippen LogP) is 4.34. The van der Waals surface area contributed by atoms with Gasteiger partial charge < -0.3 is 9.67 Å². The van der Waals surface area contributed by atoms with Crippen molar-refractivity contribution in [3.63, 3.8) is 0 Å². The van der Waals surface area contributed by atoms with Gasteiger partial charge in [-0.05, 0) is 54.4 Å². The van der Waals surface area contributed by atoms with Crippen LogP contribution >= 0.6 is 11.6 Å². The van der Waals surface area contributed by atoms with Gasteiger partial charge >= 0.3 is 0 Å². The second kappa shape index (κ2) is 8.93. The van der Waals surface area contributed by atoms with Gasteiger partial charge in [0.05, 0.1) is 35.6 Å². The Morgan fingerprint density at radius 3 is 2.68 bits per heavy atom. The van der Waals surface area contributed by atoms with Gasteiger partial charge in [0.15, 0.2) is 0 Å². The second-order valence-electron chi connectivity index (χ2n) is 8.10. The van der Waals surface area contributed by atoms with Crippen molar-refractivity contribution in [2.45, 2.75) is 19.5 Å². The molecule has 170 valence electrons. The van der Waals surface area contributed by atoms with E-state index in [2.05, 4.69) is 15.0 Å². The molecule has 0 saturated heterocycles. The highest BCUT2D eigenvalue weighted by Crippen LogP contribution is 2.27. The minimum atomic E-state index is -0.736. The van der Waals surface area contributed by atoms with E-state index in [0.717, 1.165) is 33.8 Å². The first-order valence-corrected chi connectivity index (χ1v) is 11.1. The number of halogens is 2. The predicted molar refractivity (Wildman–Crippen MR) is 129 cm³/mol. The lowest BCUT2D eigenvalue weighted by Gasteiger charge is -2.19. The summed E-state index contributed by atoms with van der Waals surface area (Å²) < 4.78 is 15.3. The Morgan fingerprint density at radius 1 is 1.09 bits per heavy atom. The Bertz CT molecular complexity index is 1500. The Kier molecular flexibility index (Phi) is 5.81. The minimum Gasteiger partial charge on any atom is -0.394 e. The van der Waals surface area contributed by atoms with Crippen LogP contribution in [0.3, 0.4) is 0 Å². The molecular formula is C26H20ClFN4O2. The summed E-state index contributed by atoms with van der Waals surface area (Å²) in [5.74, 6) is -0.603. The number of nitrogens with zero attached hydrogens (tertiary/aromatic N) is 4. The maximum Gasteiger partial charge on any atom is 0.251 e. The van der Waals surface area contributed by atoms with Crippen molar-refractivity contribution in [1.82, 2.24) is 14.5 Å². The van der Waals surface area contributed by atoms with Gasteiger partial charge in [-0.15, -0.1) is 0 Å². The second-order valence-corrected chi connectivity index (χ2v) is 8.51. The number of aryl methyl sites for hydroxylation is 1. The van der Waals surface area contributed by atoms with Crippen molar-refractivity contribution < 1.29 is 9.50 Å². The van der Waals surface area contributed by atoms with Crippen LogP contribution < -0.4 is 5.56 Å². The van der Waals surface area contributed by atoms with Crippen LogP contribution in [0, 0.1) is 12.7 Å². The fourth-order valence-electron chi connectivity index (χ4n) is 4.16. The van der Waals surface area contributed by atoms with Gasteiger partial charge in [0.25, 0.3) is 5.56 Å². The van der Waals surface area contributed by atoms with Crippen LogP contribution in [-0.4, -0.2) is 32.0 Å². The summed E-state index contributed by atoms with van der Waals surface area (Å²) in [5.41, 5.74) is 6.13. The number of rotatable bonds is 5. The SMILES string of the molecule is Cc1cc(C2=NCc3ncc(-c4ccn([C@H](CO)c5ccc(Cl)c(F)c5)c(=O)c4)cc32)ccn1. The molecule has 0 radical (unpaired) electrons. The Labute approximate surface area is 200 Å². The number of hydrogen-bond donors (Lipinski definition) is 1. The molecule has 3 aromatic heterocycles. The average molecular weight is 475 g/mol. The van der Waals surface area contributed by atoms with E-state index in [-0.39, 0.29) is 17.2 Å². The van der Waals surface area contributed by atoms with E-state index in [9.17, 15) is 14.3 Å². The van der Waals surface area contributed by atoms with E-state index in [4.69, 9.17) is 11.6 Å². The number of aliphatic hydroxyl groups is 1. The summed E-state index contributed by atoms with van der Waals surface area (Å²) in [5, 5.41) is 9.91. The molecule has 1 atom stereocenters. The number of hydrogen-bond acceptors (Lipinski definition) is 5. The molecule has 5 rings (SSSR count). The number of aliphatic imine (C=N–C) groups is 1. The van der Waals surface area contributed by atoms with Gasteiger partial charge in [-0.2, -0.15) is 0 Å². The summed E-state index contributed by atoms with van der Waals surface area (Å²) in [7, 11) is 0. The highest BCUT2D eigenvalue weighted by Gasteiger charge is 2.21. The van der Waals surface area contributed by atoms with Crippen LogP contribution in [0.15, 0.2) is 76.9 Å². The number of aliphatic hydroxyl groups excluding tert-OH is 1. The average Bonchev–Trinajstić information content (AvgIpc) is 3.26. The van der Waals surface area contributed by atoms with Gasteiger partial charge in [0, 0.05) is 47.0 Å². The number of fused-ring (bicyclic) bond motifs is 1. The summed E-state index contributed by atoms with van der Waals surface area (Å²) in [6.45, 7) is 2.07. The first kappa shape index (κ1) is 22.1. The molecule has 4 heterocycles. The topological polar surface area (TPSA) is 80.4 Å². The first-order chi connectivity index (χ1) is 16.4. The third-order valence-electron chi connectivity index (χ3n) is 5.90. The molecule has 1 N–H and O–H groups in total. The third-order valence-corrected chi connectivity index (χ3v) is 6.21. The third kappa shape index (κ3) is 4.04. The van der Waals surface area contributed by atoms with E-state index in [0.29, 0.717) is 17.7 Å². The largest absolute Gasteiger partial charge is 0.394 e. The number of aromatic nitrogens is 3. The van der Waals surface area contributed by atoms with Crippen molar-refractivity contribution in [3.8, 4) is 11.1 Å². The normalized spacial score (nSPS) is 13.5. The zero-order chi connectivity index (χ0) is 23.8. The molecule has 1 aliphatic rings. The van der Waals surface area contributed by atoms with Crippen LogP contribution in [0.2, 0.25) is 5.02 Å². The van der Waals surface area contributed by atoms with Crippen LogP contribution in [0.25, 0.3) is 11.1 Å². The summed E-state index contributed by atoms with van der Waals surface area (Å²) in [4.78, 5) is 26.5. The van der Waals surface area contributed by atoms with Crippen LogP contribution in [0.5, 0.6) is 0 Å². The maximum absolute atomic E-state index is 13.9. The lowest BCUT2D eigenvalue weighted by atomic mass is 9.99. The minimum absolute atomic E-state index is 0.0166. The molecule has 34 heavy (non-hydrogen) atoms. The molecule has 6 nitrogen and oxygen atoms in total. The molecule has 0 bridgehead atoms. The molecule has 4 aromatic rings.